The molecule has 0 aromatic rings. The highest BCUT2D eigenvalue weighted by Crippen LogP contribution is 2.15. The standard InChI is InChI=1S/C57H102O5/c1-4-7-10-13-16-19-22-25-27-29-30-33-35-38-41-44-47-50-56(58)61-54-55(62-57(59)51-48-45-42-39-36-32-24-21-18-15-12-9-6-3)53-60-52-49-46-43-40-37-34-31-28-26-23-20-17-14-11-8-5-2/h7,10,12,15-16,19,21,24-25,27,55H,4-6,8-9,11,13-14,17-18,20,22-23,26,28-54H2,1-3H3/b10-7-,15-12-,19-16-,24-21-,27-25-. The van der Waals surface area contributed by atoms with E-state index in [2.05, 4.69) is 81.5 Å². The Balaban J connectivity index is 4.26. The minimum absolute atomic E-state index is 0.0759. The second-order valence-electron chi connectivity index (χ2n) is 17.8. The molecule has 0 bridgehead atoms. The van der Waals surface area contributed by atoms with Crippen molar-refractivity contribution in [3.63, 3.8) is 0 Å². The molecule has 0 aromatic heterocycles. The molecule has 5 heteroatoms. The Morgan fingerprint density at radius 1 is 0.371 bits per heavy atom. The zero-order valence-electron chi connectivity index (χ0n) is 41.4. The third-order valence-electron chi connectivity index (χ3n) is 11.5. The van der Waals surface area contributed by atoms with Crippen LogP contribution in [0.4, 0.5) is 0 Å². The van der Waals surface area contributed by atoms with E-state index in [1.54, 1.807) is 0 Å². The van der Waals surface area contributed by atoms with Crippen molar-refractivity contribution in [3.05, 3.63) is 60.8 Å². The van der Waals surface area contributed by atoms with Crippen molar-refractivity contribution in [1.82, 2.24) is 0 Å². The van der Waals surface area contributed by atoms with Crippen LogP contribution in [-0.2, 0) is 23.8 Å². The number of hydrogen-bond acceptors (Lipinski definition) is 5. The highest BCUT2D eigenvalue weighted by molar-refractivity contribution is 5.70. The van der Waals surface area contributed by atoms with Gasteiger partial charge in [-0.25, -0.2) is 0 Å². The highest BCUT2D eigenvalue weighted by atomic mass is 16.6. The van der Waals surface area contributed by atoms with E-state index in [0.717, 1.165) is 89.9 Å². The van der Waals surface area contributed by atoms with Gasteiger partial charge in [0.05, 0.1) is 6.61 Å². The van der Waals surface area contributed by atoms with E-state index in [1.807, 2.05) is 0 Å². The van der Waals surface area contributed by atoms with Gasteiger partial charge in [-0.05, 0) is 77.0 Å². The van der Waals surface area contributed by atoms with Crippen molar-refractivity contribution in [2.45, 2.75) is 271 Å². The Kier molecular flexibility index (Phi) is 50.9. The summed E-state index contributed by atoms with van der Waals surface area (Å²) in [5.41, 5.74) is 0. The third-order valence-corrected chi connectivity index (χ3v) is 11.5. The minimum atomic E-state index is -0.546. The molecule has 1 atom stereocenters. The van der Waals surface area contributed by atoms with Crippen LogP contribution in [0.5, 0.6) is 0 Å². The molecule has 0 aliphatic rings. The smallest absolute Gasteiger partial charge is 0.306 e. The third kappa shape index (κ3) is 50.2. The van der Waals surface area contributed by atoms with Crippen molar-refractivity contribution in [1.29, 1.82) is 0 Å². The van der Waals surface area contributed by atoms with Crippen molar-refractivity contribution in [2.75, 3.05) is 19.8 Å². The first-order valence-corrected chi connectivity index (χ1v) is 26.8. The Morgan fingerprint density at radius 3 is 1.23 bits per heavy atom. The Morgan fingerprint density at radius 2 is 0.758 bits per heavy atom. The molecule has 0 spiro atoms. The van der Waals surface area contributed by atoms with E-state index in [0.29, 0.717) is 19.4 Å². The van der Waals surface area contributed by atoms with Crippen molar-refractivity contribution < 1.29 is 23.8 Å². The zero-order valence-corrected chi connectivity index (χ0v) is 41.4. The number of carbonyl (C=O) groups excluding carboxylic acids is 2. The van der Waals surface area contributed by atoms with Crippen LogP contribution in [-0.4, -0.2) is 37.9 Å². The van der Waals surface area contributed by atoms with Gasteiger partial charge in [0, 0.05) is 19.4 Å². The maximum atomic E-state index is 12.8. The summed E-state index contributed by atoms with van der Waals surface area (Å²) < 4.78 is 17.4. The van der Waals surface area contributed by atoms with E-state index in [-0.39, 0.29) is 25.2 Å². The number of carbonyl (C=O) groups is 2. The average molecular weight is 867 g/mol. The fourth-order valence-corrected chi connectivity index (χ4v) is 7.56. The summed E-state index contributed by atoms with van der Waals surface area (Å²) in [5, 5.41) is 0. The molecule has 62 heavy (non-hydrogen) atoms. The number of allylic oxidation sites excluding steroid dienone is 10. The number of rotatable bonds is 49. The molecule has 5 nitrogen and oxygen atoms in total. The second-order valence-corrected chi connectivity index (χ2v) is 17.8. The van der Waals surface area contributed by atoms with Gasteiger partial charge in [-0.1, -0.05) is 236 Å². The molecule has 360 valence electrons. The second kappa shape index (κ2) is 52.9. The molecule has 0 aromatic carbocycles. The van der Waals surface area contributed by atoms with Crippen LogP contribution in [0.15, 0.2) is 60.8 Å². The lowest BCUT2D eigenvalue weighted by Crippen LogP contribution is -2.30. The zero-order chi connectivity index (χ0) is 44.9. The fraction of sp³-hybridized carbons (Fsp3) is 0.789. The predicted octanol–water partition coefficient (Wildman–Crippen LogP) is 18.1. The first-order chi connectivity index (χ1) is 30.6. The van der Waals surface area contributed by atoms with Crippen LogP contribution in [0.1, 0.15) is 265 Å². The maximum Gasteiger partial charge on any atom is 0.306 e. The molecule has 0 amide bonds. The van der Waals surface area contributed by atoms with Gasteiger partial charge in [0.1, 0.15) is 6.61 Å². The van der Waals surface area contributed by atoms with Crippen LogP contribution in [0, 0.1) is 0 Å². The molecule has 0 fully saturated rings. The fourth-order valence-electron chi connectivity index (χ4n) is 7.56. The van der Waals surface area contributed by atoms with Crippen molar-refractivity contribution >= 4 is 11.9 Å². The molecule has 0 heterocycles. The topological polar surface area (TPSA) is 61.8 Å². The average Bonchev–Trinajstić information content (AvgIpc) is 3.27. The van der Waals surface area contributed by atoms with Crippen LogP contribution in [0.25, 0.3) is 0 Å². The summed E-state index contributed by atoms with van der Waals surface area (Å²) >= 11 is 0. The number of ether oxygens (including phenoxy) is 3. The Labute approximate surface area is 385 Å². The molecule has 0 radical (unpaired) electrons. The van der Waals surface area contributed by atoms with Gasteiger partial charge in [-0.3, -0.25) is 9.59 Å². The van der Waals surface area contributed by atoms with Gasteiger partial charge in [-0.2, -0.15) is 0 Å². The molecule has 1 unspecified atom stereocenters. The summed E-state index contributed by atoms with van der Waals surface area (Å²) in [6, 6.07) is 0. The Bertz CT molecular complexity index is 1070. The first-order valence-electron chi connectivity index (χ1n) is 26.8. The largest absolute Gasteiger partial charge is 0.462 e. The van der Waals surface area contributed by atoms with Gasteiger partial charge < -0.3 is 14.2 Å². The molecule has 0 aliphatic carbocycles. The molecule has 0 saturated heterocycles. The van der Waals surface area contributed by atoms with Gasteiger partial charge >= 0.3 is 11.9 Å². The van der Waals surface area contributed by atoms with Crippen molar-refractivity contribution in [3.8, 4) is 0 Å². The van der Waals surface area contributed by atoms with Crippen LogP contribution in [0.3, 0.4) is 0 Å². The lowest BCUT2D eigenvalue weighted by atomic mass is 10.0. The van der Waals surface area contributed by atoms with E-state index in [9.17, 15) is 9.59 Å². The summed E-state index contributed by atoms with van der Waals surface area (Å²) in [4.78, 5) is 25.4. The summed E-state index contributed by atoms with van der Waals surface area (Å²) in [6.45, 7) is 7.66. The van der Waals surface area contributed by atoms with E-state index in [1.165, 1.54) is 141 Å². The monoisotopic (exact) mass is 867 g/mol. The summed E-state index contributed by atoms with van der Waals surface area (Å²) in [5.74, 6) is -0.416. The lowest BCUT2D eigenvalue weighted by molar-refractivity contribution is -0.163. The molecule has 0 aliphatic heterocycles. The van der Waals surface area contributed by atoms with Gasteiger partial charge in [0.25, 0.3) is 0 Å². The van der Waals surface area contributed by atoms with Crippen LogP contribution < -0.4 is 0 Å². The highest BCUT2D eigenvalue weighted by Gasteiger charge is 2.17. The molecular weight excluding hydrogens is 765 g/mol. The van der Waals surface area contributed by atoms with Gasteiger partial charge in [-0.15, -0.1) is 0 Å². The van der Waals surface area contributed by atoms with Crippen LogP contribution >= 0.6 is 0 Å². The van der Waals surface area contributed by atoms with E-state index >= 15 is 0 Å². The Hall–Kier alpha value is -2.40. The molecule has 0 saturated carbocycles. The van der Waals surface area contributed by atoms with Gasteiger partial charge in [0.2, 0.25) is 0 Å². The summed E-state index contributed by atoms with van der Waals surface area (Å²) in [7, 11) is 0. The SMILES string of the molecule is CC/C=C\C/C=C\C/C=C\CCCCCCCCCC(=O)OCC(COCCCCCCCCCCCCCCCCCC)OC(=O)CCCCCCC/C=C\C/C=C\CCC. The lowest BCUT2D eigenvalue weighted by Gasteiger charge is -2.18. The maximum absolute atomic E-state index is 12.8. The van der Waals surface area contributed by atoms with Crippen molar-refractivity contribution in [2.24, 2.45) is 0 Å². The van der Waals surface area contributed by atoms with Crippen LogP contribution in [0.2, 0.25) is 0 Å². The van der Waals surface area contributed by atoms with E-state index in [4.69, 9.17) is 14.2 Å². The molecule has 0 rings (SSSR count). The van der Waals surface area contributed by atoms with E-state index < -0.39 is 6.10 Å². The number of unbranched alkanes of at least 4 members (excludes halogenated alkanes) is 28. The predicted molar refractivity (Wildman–Crippen MR) is 270 cm³/mol. The normalized spacial score (nSPS) is 12.6. The first kappa shape index (κ1) is 59.6. The number of esters is 2. The molecule has 0 N–H and O–H groups in total. The van der Waals surface area contributed by atoms with Gasteiger partial charge in [0.15, 0.2) is 6.10 Å². The quantitative estimate of drug-likeness (QED) is 0.0346. The minimum Gasteiger partial charge on any atom is -0.462 e. The summed E-state index contributed by atoms with van der Waals surface area (Å²) in [6.07, 6.45) is 66.6. The molecular formula is C57H102O5. The number of hydrogen-bond donors (Lipinski definition) is 0.